The van der Waals surface area contributed by atoms with Crippen molar-refractivity contribution in [1.29, 1.82) is 0 Å². The minimum Gasteiger partial charge on any atom is -0.469 e. The van der Waals surface area contributed by atoms with E-state index < -0.39 is 30.0 Å². The number of esters is 1. The van der Waals surface area contributed by atoms with Gasteiger partial charge in [0.2, 0.25) is 0 Å². The zero-order valence-corrected chi connectivity index (χ0v) is 14.7. The van der Waals surface area contributed by atoms with E-state index in [1.807, 2.05) is 32.9 Å². The Bertz CT molecular complexity index is 614. The van der Waals surface area contributed by atoms with Gasteiger partial charge in [-0.3, -0.25) is 9.59 Å². The van der Waals surface area contributed by atoms with E-state index in [9.17, 15) is 19.8 Å². The van der Waals surface area contributed by atoms with Gasteiger partial charge < -0.3 is 14.9 Å². The van der Waals surface area contributed by atoms with Crippen LogP contribution < -0.4 is 0 Å². The maximum absolute atomic E-state index is 12.8. The number of benzene rings is 1. The van der Waals surface area contributed by atoms with E-state index in [-0.39, 0.29) is 25.0 Å². The molecule has 0 bridgehead atoms. The molecule has 0 spiro atoms. The molecule has 0 saturated heterocycles. The number of aryl methyl sites for hydroxylation is 3. The third kappa shape index (κ3) is 3.84. The Kier molecular flexibility index (Phi) is 5.78. The van der Waals surface area contributed by atoms with E-state index in [0.29, 0.717) is 0 Å². The van der Waals surface area contributed by atoms with Gasteiger partial charge in [0.05, 0.1) is 25.2 Å². The van der Waals surface area contributed by atoms with Crippen LogP contribution in [0.5, 0.6) is 0 Å². The van der Waals surface area contributed by atoms with E-state index in [2.05, 4.69) is 0 Å². The van der Waals surface area contributed by atoms with Crippen LogP contribution in [-0.2, 0) is 20.7 Å². The van der Waals surface area contributed by atoms with E-state index in [1.54, 1.807) is 0 Å². The highest BCUT2D eigenvalue weighted by Crippen LogP contribution is 2.33. The van der Waals surface area contributed by atoms with E-state index >= 15 is 0 Å². The lowest BCUT2D eigenvalue weighted by Crippen LogP contribution is -2.45. The predicted octanol–water partition coefficient (Wildman–Crippen LogP) is 1.64. The highest BCUT2D eigenvalue weighted by atomic mass is 16.5. The first kappa shape index (κ1) is 18.6. The SMILES string of the molecule is COC(=O)C1CC(O)C(O)CC1C(=O)Cc1c(C)cc(C)cc1C. The highest BCUT2D eigenvalue weighted by Gasteiger charge is 2.43. The van der Waals surface area contributed by atoms with E-state index in [1.165, 1.54) is 7.11 Å². The highest BCUT2D eigenvalue weighted by molar-refractivity contribution is 5.89. The summed E-state index contributed by atoms with van der Waals surface area (Å²) < 4.78 is 4.78. The Hall–Kier alpha value is -1.72. The summed E-state index contributed by atoms with van der Waals surface area (Å²) >= 11 is 0. The minimum atomic E-state index is -0.999. The molecular formula is C19H26O5. The zero-order valence-electron chi connectivity index (χ0n) is 14.7. The van der Waals surface area contributed by atoms with Crippen molar-refractivity contribution in [3.8, 4) is 0 Å². The third-order valence-corrected chi connectivity index (χ3v) is 5.03. The van der Waals surface area contributed by atoms with Gasteiger partial charge in [-0.1, -0.05) is 17.7 Å². The smallest absolute Gasteiger partial charge is 0.309 e. The normalized spacial score (nSPS) is 26.9. The number of carbonyl (C=O) groups is 2. The molecule has 0 amide bonds. The number of aliphatic hydroxyl groups excluding tert-OH is 2. The summed E-state index contributed by atoms with van der Waals surface area (Å²) in [4.78, 5) is 24.8. The maximum atomic E-state index is 12.8. The summed E-state index contributed by atoms with van der Waals surface area (Å²) in [5.41, 5.74) is 4.21. The lowest BCUT2D eigenvalue weighted by molar-refractivity contribution is -0.157. The number of carbonyl (C=O) groups excluding carboxylic acids is 2. The molecule has 132 valence electrons. The van der Waals surface area contributed by atoms with Gasteiger partial charge in [-0.15, -0.1) is 0 Å². The van der Waals surface area contributed by atoms with Gasteiger partial charge in [0.15, 0.2) is 0 Å². The van der Waals surface area contributed by atoms with Crippen LogP contribution in [0, 0.1) is 32.6 Å². The van der Waals surface area contributed by atoms with Crippen molar-refractivity contribution in [3.05, 3.63) is 34.4 Å². The predicted molar refractivity (Wildman–Crippen MR) is 89.6 cm³/mol. The number of ketones is 1. The van der Waals surface area contributed by atoms with Gasteiger partial charge in [-0.25, -0.2) is 0 Å². The molecule has 2 rings (SSSR count). The monoisotopic (exact) mass is 334 g/mol. The molecule has 0 aromatic heterocycles. The molecule has 2 N–H and O–H groups in total. The summed E-state index contributed by atoms with van der Waals surface area (Å²) in [6.07, 6.45) is -1.63. The van der Waals surface area contributed by atoms with Crippen LogP contribution in [0.1, 0.15) is 35.1 Å². The second-order valence-electron chi connectivity index (χ2n) is 6.86. The first-order valence-corrected chi connectivity index (χ1v) is 8.28. The average molecular weight is 334 g/mol. The van der Waals surface area contributed by atoms with Gasteiger partial charge in [-0.2, -0.15) is 0 Å². The fraction of sp³-hybridized carbons (Fsp3) is 0.579. The van der Waals surface area contributed by atoms with Crippen molar-refractivity contribution in [2.75, 3.05) is 7.11 Å². The van der Waals surface area contributed by atoms with Crippen LogP contribution in [0.15, 0.2) is 12.1 Å². The summed E-state index contributed by atoms with van der Waals surface area (Å²) in [6.45, 7) is 5.96. The minimum absolute atomic E-state index is 0.0517. The van der Waals surface area contributed by atoms with E-state index in [4.69, 9.17) is 4.74 Å². The average Bonchev–Trinajstić information content (AvgIpc) is 2.52. The van der Waals surface area contributed by atoms with E-state index in [0.717, 1.165) is 22.3 Å². The molecule has 24 heavy (non-hydrogen) atoms. The molecular weight excluding hydrogens is 308 g/mol. The van der Waals surface area contributed by atoms with Gasteiger partial charge in [-0.05, 0) is 50.3 Å². The molecule has 5 heteroatoms. The quantitative estimate of drug-likeness (QED) is 0.818. The van der Waals surface area contributed by atoms with Crippen LogP contribution in [-0.4, -0.2) is 41.3 Å². The summed E-state index contributed by atoms with van der Waals surface area (Å²) in [7, 11) is 1.27. The zero-order chi connectivity index (χ0) is 18.0. The fourth-order valence-electron chi connectivity index (χ4n) is 3.72. The van der Waals surface area contributed by atoms with Crippen molar-refractivity contribution in [3.63, 3.8) is 0 Å². The molecule has 0 aliphatic heterocycles. The van der Waals surface area contributed by atoms with Crippen molar-refractivity contribution in [2.45, 2.75) is 52.2 Å². The molecule has 5 nitrogen and oxygen atoms in total. The Morgan fingerprint density at radius 2 is 1.54 bits per heavy atom. The van der Waals surface area contributed by atoms with Crippen LogP contribution >= 0.6 is 0 Å². The first-order chi connectivity index (χ1) is 11.2. The molecule has 1 aliphatic carbocycles. The van der Waals surface area contributed by atoms with Gasteiger partial charge in [0.1, 0.15) is 5.78 Å². The third-order valence-electron chi connectivity index (χ3n) is 5.03. The van der Waals surface area contributed by atoms with Crippen molar-refractivity contribution >= 4 is 11.8 Å². The molecule has 0 radical (unpaired) electrons. The second kappa shape index (κ2) is 7.45. The lowest BCUT2D eigenvalue weighted by atomic mass is 9.73. The number of ether oxygens (including phenoxy) is 1. The molecule has 1 aromatic rings. The number of Topliss-reactive ketones (excluding diaryl/α,β-unsaturated/α-hetero) is 1. The molecule has 4 atom stereocenters. The molecule has 4 unspecified atom stereocenters. The largest absolute Gasteiger partial charge is 0.469 e. The number of aliphatic hydroxyl groups is 2. The summed E-state index contributed by atoms with van der Waals surface area (Å²) in [5, 5.41) is 19.8. The van der Waals surface area contributed by atoms with Crippen LogP contribution in [0.3, 0.4) is 0 Å². The Morgan fingerprint density at radius 3 is 2.04 bits per heavy atom. The Balaban J connectivity index is 2.24. The topological polar surface area (TPSA) is 83.8 Å². The molecule has 1 saturated carbocycles. The Labute approximate surface area is 142 Å². The van der Waals surface area contributed by atoms with Crippen LogP contribution in [0.2, 0.25) is 0 Å². The summed E-state index contributed by atoms with van der Waals surface area (Å²) in [6, 6.07) is 4.07. The fourth-order valence-corrected chi connectivity index (χ4v) is 3.72. The Morgan fingerprint density at radius 1 is 1.04 bits per heavy atom. The van der Waals surface area contributed by atoms with Crippen LogP contribution in [0.4, 0.5) is 0 Å². The second-order valence-corrected chi connectivity index (χ2v) is 6.86. The number of hydrogen-bond donors (Lipinski definition) is 2. The molecule has 1 aliphatic rings. The first-order valence-electron chi connectivity index (χ1n) is 8.28. The van der Waals surface area contributed by atoms with Crippen LogP contribution in [0.25, 0.3) is 0 Å². The number of rotatable bonds is 4. The van der Waals surface area contributed by atoms with Crippen molar-refractivity contribution in [2.24, 2.45) is 11.8 Å². The molecule has 1 fully saturated rings. The molecule has 1 aromatic carbocycles. The van der Waals surface area contributed by atoms with Gasteiger partial charge in [0, 0.05) is 12.3 Å². The van der Waals surface area contributed by atoms with Gasteiger partial charge >= 0.3 is 5.97 Å². The maximum Gasteiger partial charge on any atom is 0.309 e. The number of methoxy groups -OCH3 is 1. The van der Waals surface area contributed by atoms with Crippen molar-refractivity contribution < 1.29 is 24.5 Å². The summed E-state index contributed by atoms with van der Waals surface area (Å²) in [5.74, 6) is -1.93. The molecule has 0 heterocycles. The number of hydrogen-bond acceptors (Lipinski definition) is 5. The standard InChI is InChI=1S/C19H26O5/c1-10-5-11(2)13(12(3)6-10)7-16(20)14-8-17(21)18(22)9-15(14)19(23)24-4/h5-6,14-15,17-18,21-22H,7-9H2,1-4H3. The lowest BCUT2D eigenvalue weighted by Gasteiger charge is -2.35. The van der Waals surface area contributed by atoms with Crippen molar-refractivity contribution in [1.82, 2.24) is 0 Å². The van der Waals surface area contributed by atoms with Gasteiger partial charge in [0.25, 0.3) is 0 Å².